The Morgan fingerprint density at radius 1 is 1.45 bits per heavy atom. The largest absolute Gasteiger partial charge is 0.481 e. The van der Waals surface area contributed by atoms with E-state index in [1.54, 1.807) is 6.20 Å². The molecular weight excluding hydrogens is 276 g/mol. The van der Waals surface area contributed by atoms with Crippen molar-refractivity contribution in [1.82, 2.24) is 10.3 Å². The number of amides is 1. The van der Waals surface area contributed by atoms with Crippen LogP contribution in [0.3, 0.4) is 0 Å². The Hall–Kier alpha value is -1.43. The van der Waals surface area contributed by atoms with Crippen molar-refractivity contribution in [2.45, 2.75) is 40.0 Å². The summed E-state index contributed by atoms with van der Waals surface area (Å²) in [5.41, 5.74) is 0. The van der Waals surface area contributed by atoms with Crippen LogP contribution in [0.4, 0.5) is 0 Å². The predicted octanol–water partition coefficient (Wildman–Crippen LogP) is 2.57. The van der Waals surface area contributed by atoms with Gasteiger partial charge >= 0.3 is 5.97 Å². The molecule has 5 nitrogen and oxygen atoms in total. The molecule has 112 valence electrons. The van der Waals surface area contributed by atoms with E-state index in [1.165, 1.54) is 11.3 Å². The predicted molar refractivity (Wildman–Crippen MR) is 79.0 cm³/mol. The highest BCUT2D eigenvalue weighted by Crippen LogP contribution is 2.15. The number of carboxylic acid groups (broad SMARTS) is 1. The van der Waals surface area contributed by atoms with E-state index in [4.69, 9.17) is 5.11 Å². The maximum Gasteiger partial charge on any atom is 0.308 e. The summed E-state index contributed by atoms with van der Waals surface area (Å²) in [6.45, 7) is 6.16. The molecule has 1 aromatic rings. The molecule has 0 spiro atoms. The molecule has 0 saturated heterocycles. The number of thiazole rings is 1. The molecule has 0 aliphatic carbocycles. The molecule has 1 unspecified atom stereocenters. The number of carbonyl (C=O) groups excluding carboxylic acids is 1. The number of nitrogens with one attached hydrogen (secondary N) is 1. The van der Waals surface area contributed by atoms with Crippen molar-refractivity contribution in [3.8, 4) is 0 Å². The van der Waals surface area contributed by atoms with E-state index < -0.39 is 11.9 Å². The summed E-state index contributed by atoms with van der Waals surface area (Å²) in [5, 5.41) is 12.7. The molecule has 0 fully saturated rings. The Labute approximate surface area is 123 Å². The smallest absolute Gasteiger partial charge is 0.308 e. The zero-order valence-electron chi connectivity index (χ0n) is 12.2. The number of hydrogen-bond acceptors (Lipinski definition) is 4. The number of hydrogen-bond donors (Lipinski definition) is 2. The molecule has 0 aliphatic heterocycles. The molecule has 0 saturated carbocycles. The fraction of sp³-hybridized carbons (Fsp3) is 0.643. The molecule has 1 atom stereocenters. The quantitative estimate of drug-likeness (QED) is 0.773. The van der Waals surface area contributed by atoms with Crippen LogP contribution >= 0.6 is 11.3 Å². The zero-order valence-corrected chi connectivity index (χ0v) is 13.0. The SMILES string of the molecule is CCCc1ncc(C(=O)NCC(CC(C)C)C(=O)O)s1. The maximum absolute atomic E-state index is 11.9. The van der Waals surface area contributed by atoms with Gasteiger partial charge in [-0.25, -0.2) is 4.98 Å². The molecule has 1 aromatic heterocycles. The van der Waals surface area contributed by atoms with Crippen LogP contribution in [0.2, 0.25) is 0 Å². The minimum atomic E-state index is -0.866. The third-order valence-electron chi connectivity index (χ3n) is 2.86. The van der Waals surface area contributed by atoms with Crippen LogP contribution in [0.1, 0.15) is 48.3 Å². The molecule has 0 aromatic carbocycles. The van der Waals surface area contributed by atoms with Crippen molar-refractivity contribution in [2.24, 2.45) is 11.8 Å². The lowest BCUT2D eigenvalue weighted by Gasteiger charge is -2.14. The molecule has 0 aliphatic rings. The molecular formula is C14H22N2O3S. The normalized spacial score (nSPS) is 12.4. The Kier molecular flexibility index (Phi) is 6.64. The van der Waals surface area contributed by atoms with Gasteiger partial charge in [0.1, 0.15) is 4.88 Å². The standard InChI is InChI=1S/C14H22N2O3S/c1-4-5-12-15-8-11(20-12)13(17)16-7-10(14(18)19)6-9(2)3/h8-10H,4-7H2,1-3H3,(H,16,17)(H,18,19). The first kappa shape index (κ1) is 16.6. The highest BCUT2D eigenvalue weighted by Gasteiger charge is 2.20. The van der Waals surface area contributed by atoms with Crippen LogP contribution in [0.5, 0.6) is 0 Å². The van der Waals surface area contributed by atoms with E-state index in [0.717, 1.165) is 17.8 Å². The van der Waals surface area contributed by atoms with Crippen molar-refractivity contribution in [3.05, 3.63) is 16.1 Å². The highest BCUT2D eigenvalue weighted by atomic mass is 32.1. The molecule has 20 heavy (non-hydrogen) atoms. The van der Waals surface area contributed by atoms with Crippen LogP contribution in [0, 0.1) is 11.8 Å². The van der Waals surface area contributed by atoms with Crippen molar-refractivity contribution in [3.63, 3.8) is 0 Å². The van der Waals surface area contributed by atoms with Crippen LogP contribution in [0.25, 0.3) is 0 Å². The topological polar surface area (TPSA) is 79.3 Å². The number of carbonyl (C=O) groups is 2. The van der Waals surface area contributed by atoms with Gasteiger partial charge in [0.2, 0.25) is 0 Å². The van der Waals surface area contributed by atoms with E-state index in [-0.39, 0.29) is 18.4 Å². The number of carboxylic acids is 1. The first-order chi connectivity index (χ1) is 9.43. The van der Waals surface area contributed by atoms with Gasteiger partial charge in [0, 0.05) is 6.54 Å². The number of aryl methyl sites for hydroxylation is 1. The van der Waals surface area contributed by atoms with E-state index >= 15 is 0 Å². The summed E-state index contributed by atoms with van der Waals surface area (Å²) >= 11 is 1.37. The van der Waals surface area contributed by atoms with Gasteiger partial charge in [-0.05, 0) is 25.2 Å². The van der Waals surface area contributed by atoms with Gasteiger partial charge in [0.25, 0.3) is 5.91 Å². The Bertz CT molecular complexity index is 457. The number of nitrogens with zero attached hydrogens (tertiary/aromatic N) is 1. The van der Waals surface area contributed by atoms with Gasteiger partial charge in [-0.2, -0.15) is 0 Å². The molecule has 2 N–H and O–H groups in total. The lowest BCUT2D eigenvalue weighted by atomic mass is 9.97. The van der Waals surface area contributed by atoms with Crippen molar-refractivity contribution in [2.75, 3.05) is 6.54 Å². The van der Waals surface area contributed by atoms with Crippen molar-refractivity contribution < 1.29 is 14.7 Å². The van der Waals surface area contributed by atoms with Gasteiger partial charge in [-0.1, -0.05) is 20.8 Å². The van der Waals surface area contributed by atoms with Crippen molar-refractivity contribution >= 4 is 23.2 Å². The van der Waals surface area contributed by atoms with Crippen LogP contribution in [-0.2, 0) is 11.2 Å². The minimum Gasteiger partial charge on any atom is -0.481 e. The second kappa shape index (κ2) is 7.99. The summed E-state index contributed by atoms with van der Waals surface area (Å²) < 4.78 is 0. The van der Waals surface area contributed by atoms with E-state index in [0.29, 0.717) is 11.3 Å². The van der Waals surface area contributed by atoms with Crippen LogP contribution in [0.15, 0.2) is 6.20 Å². The van der Waals surface area contributed by atoms with Gasteiger partial charge in [-0.3, -0.25) is 9.59 Å². The van der Waals surface area contributed by atoms with Gasteiger partial charge in [0.05, 0.1) is 17.1 Å². The summed E-state index contributed by atoms with van der Waals surface area (Å²) in [5.74, 6) is -1.36. The summed E-state index contributed by atoms with van der Waals surface area (Å²) in [6, 6.07) is 0. The molecule has 1 rings (SSSR count). The molecule has 0 bridgehead atoms. The van der Waals surface area contributed by atoms with E-state index in [9.17, 15) is 9.59 Å². The van der Waals surface area contributed by atoms with E-state index in [2.05, 4.69) is 17.2 Å². The third kappa shape index (κ3) is 5.28. The first-order valence-corrected chi connectivity index (χ1v) is 7.71. The Balaban J connectivity index is 2.53. The fourth-order valence-electron chi connectivity index (χ4n) is 1.89. The molecule has 6 heteroatoms. The van der Waals surface area contributed by atoms with Gasteiger partial charge in [0.15, 0.2) is 0 Å². The maximum atomic E-state index is 11.9. The Morgan fingerprint density at radius 3 is 2.70 bits per heavy atom. The minimum absolute atomic E-state index is 0.160. The first-order valence-electron chi connectivity index (χ1n) is 6.89. The second-order valence-corrected chi connectivity index (χ2v) is 6.36. The summed E-state index contributed by atoms with van der Waals surface area (Å²) in [4.78, 5) is 27.8. The average Bonchev–Trinajstić information content (AvgIpc) is 2.82. The number of aliphatic carboxylic acids is 1. The molecule has 0 radical (unpaired) electrons. The lowest BCUT2D eigenvalue weighted by Crippen LogP contribution is -2.33. The van der Waals surface area contributed by atoms with Gasteiger partial charge in [-0.15, -0.1) is 11.3 Å². The lowest BCUT2D eigenvalue weighted by molar-refractivity contribution is -0.142. The third-order valence-corrected chi connectivity index (χ3v) is 3.91. The molecule has 1 heterocycles. The molecule has 1 amide bonds. The highest BCUT2D eigenvalue weighted by molar-refractivity contribution is 7.13. The number of aromatic nitrogens is 1. The summed E-state index contributed by atoms with van der Waals surface area (Å²) in [7, 11) is 0. The van der Waals surface area contributed by atoms with Crippen molar-refractivity contribution in [1.29, 1.82) is 0 Å². The van der Waals surface area contributed by atoms with E-state index in [1.807, 2.05) is 13.8 Å². The summed E-state index contributed by atoms with van der Waals surface area (Å²) in [6.07, 6.45) is 3.97. The second-order valence-electron chi connectivity index (χ2n) is 5.24. The van der Waals surface area contributed by atoms with Crippen LogP contribution in [-0.4, -0.2) is 28.5 Å². The fourth-order valence-corrected chi connectivity index (χ4v) is 2.82. The average molecular weight is 298 g/mol. The van der Waals surface area contributed by atoms with Crippen LogP contribution < -0.4 is 5.32 Å². The number of rotatable bonds is 8. The van der Waals surface area contributed by atoms with Gasteiger partial charge < -0.3 is 10.4 Å². The Morgan fingerprint density at radius 2 is 2.15 bits per heavy atom. The monoisotopic (exact) mass is 298 g/mol. The zero-order chi connectivity index (χ0) is 15.1.